The third-order valence-corrected chi connectivity index (χ3v) is 4.93. The zero-order valence-electron chi connectivity index (χ0n) is 19.0. The van der Waals surface area contributed by atoms with Crippen molar-refractivity contribution in [3.05, 3.63) is 76.2 Å². The van der Waals surface area contributed by atoms with Gasteiger partial charge in [0.2, 0.25) is 0 Å². The van der Waals surface area contributed by atoms with Crippen LogP contribution >= 0.6 is 0 Å². The Morgan fingerprint density at radius 2 is 1.74 bits per heavy atom. The Morgan fingerprint density at radius 3 is 2.32 bits per heavy atom. The average molecular weight is 425 g/mol. The molecule has 0 bridgehead atoms. The highest BCUT2D eigenvalue weighted by Crippen LogP contribution is 2.24. The van der Waals surface area contributed by atoms with E-state index in [-0.39, 0.29) is 17.0 Å². The number of ether oxygens (including phenoxy) is 2. The molecule has 0 spiro atoms. The van der Waals surface area contributed by atoms with E-state index in [1.54, 1.807) is 18.7 Å². The number of nitrogens with zero attached hydrogens (tertiary/aromatic N) is 4. The first-order valence-corrected chi connectivity index (χ1v) is 10.6. The van der Waals surface area contributed by atoms with Crippen molar-refractivity contribution in [2.24, 2.45) is 0 Å². The van der Waals surface area contributed by atoms with Crippen molar-refractivity contribution in [2.75, 3.05) is 6.61 Å². The minimum absolute atomic E-state index is 0.0425. The molecular formula is C24H32N4O3. The van der Waals surface area contributed by atoms with Gasteiger partial charge in [0.15, 0.2) is 0 Å². The zero-order chi connectivity index (χ0) is 22.4. The fourth-order valence-electron chi connectivity index (χ4n) is 3.25. The molecule has 166 valence electrons. The third kappa shape index (κ3) is 6.04. The lowest BCUT2D eigenvalue weighted by atomic mass is 10.0. The largest absolute Gasteiger partial charge is 0.487 e. The number of hydrogen-bond donors (Lipinski definition) is 0. The molecule has 3 aromatic rings. The highest BCUT2D eigenvalue weighted by atomic mass is 16.5. The molecule has 0 aliphatic rings. The molecular weight excluding hydrogens is 392 g/mol. The number of benzene rings is 1. The van der Waals surface area contributed by atoms with Crippen LogP contribution in [-0.2, 0) is 30.0 Å². The van der Waals surface area contributed by atoms with Gasteiger partial charge < -0.3 is 14.0 Å². The van der Waals surface area contributed by atoms with Gasteiger partial charge in [0.05, 0.1) is 36.8 Å². The minimum Gasteiger partial charge on any atom is -0.487 e. The molecule has 0 N–H and O–H groups in total. The molecule has 0 atom stereocenters. The standard InChI is InChI=1S/C24H32N4O3/c1-18(2)22-21(14-26-28(23(22)29)24(3,4)5)31-16-20-8-6-19(7-9-20)15-30-13-12-27-11-10-25-17-27/h6-11,14,17-18H,12-13,15-16H2,1-5H3. The summed E-state index contributed by atoms with van der Waals surface area (Å²) >= 11 is 0. The molecule has 3 rings (SSSR count). The van der Waals surface area contributed by atoms with E-state index in [1.165, 1.54) is 4.68 Å². The van der Waals surface area contributed by atoms with E-state index in [4.69, 9.17) is 9.47 Å². The maximum absolute atomic E-state index is 12.9. The van der Waals surface area contributed by atoms with Crippen LogP contribution in [0.5, 0.6) is 5.75 Å². The van der Waals surface area contributed by atoms with E-state index < -0.39 is 0 Å². The summed E-state index contributed by atoms with van der Waals surface area (Å²) in [6.07, 6.45) is 7.12. The van der Waals surface area contributed by atoms with Gasteiger partial charge >= 0.3 is 0 Å². The van der Waals surface area contributed by atoms with E-state index in [0.29, 0.717) is 31.1 Å². The highest BCUT2D eigenvalue weighted by Gasteiger charge is 2.22. The second-order valence-electron chi connectivity index (χ2n) is 8.92. The van der Waals surface area contributed by atoms with Crippen molar-refractivity contribution >= 4 is 0 Å². The molecule has 2 aromatic heterocycles. The SMILES string of the molecule is CC(C)c1c(OCc2ccc(COCCn3ccnc3)cc2)cnn(C(C)(C)C)c1=O. The van der Waals surface area contributed by atoms with Gasteiger partial charge in [-0.05, 0) is 37.8 Å². The summed E-state index contributed by atoms with van der Waals surface area (Å²) in [5, 5.41) is 4.34. The van der Waals surface area contributed by atoms with Crippen molar-refractivity contribution in [1.29, 1.82) is 0 Å². The Hall–Kier alpha value is -2.93. The lowest BCUT2D eigenvalue weighted by molar-refractivity contribution is 0.113. The summed E-state index contributed by atoms with van der Waals surface area (Å²) in [7, 11) is 0. The van der Waals surface area contributed by atoms with Gasteiger partial charge in [0, 0.05) is 18.9 Å². The van der Waals surface area contributed by atoms with E-state index in [0.717, 1.165) is 17.7 Å². The Morgan fingerprint density at radius 1 is 1.06 bits per heavy atom. The van der Waals surface area contributed by atoms with Crippen LogP contribution < -0.4 is 10.3 Å². The van der Waals surface area contributed by atoms with Gasteiger partial charge in [-0.15, -0.1) is 0 Å². The fraction of sp³-hybridized carbons (Fsp3) is 0.458. The Labute approximate surface area is 183 Å². The van der Waals surface area contributed by atoms with Gasteiger partial charge in [0.1, 0.15) is 12.4 Å². The molecule has 2 heterocycles. The van der Waals surface area contributed by atoms with Gasteiger partial charge in [0.25, 0.3) is 5.56 Å². The Balaban J connectivity index is 1.58. The molecule has 0 saturated carbocycles. The van der Waals surface area contributed by atoms with Crippen molar-refractivity contribution in [2.45, 2.75) is 65.8 Å². The van der Waals surface area contributed by atoms with Crippen LogP contribution in [0, 0.1) is 0 Å². The Kier molecular flexibility index (Phi) is 7.28. The molecule has 31 heavy (non-hydrogen) atoms. The number of aromatic nitrogens is 4. The normalized spacial score (nSPS) is 11.8. The van der Waals surface area contributed by atoms with Crippen LogP contribution in [0.1, 0.15) is 57.2 Å². The predicted molar refractivity (Wildman–Crippen MR) is 120 cm³/mol. The topological polar surface area (TPSA) is 71.2 Å². The lowest BCUT2D eigenvalue weighted by Crippen LogP contribution is -2.38. The van der Waals surface area contributed by atoms with Gasteiger partial charge in [-0.25, -0.2) is 9.67 Å². The van der Waals surface area contributed by atoms with Crippen molar-refractivity contribution < 1.29 is 9.47 Å². The summed E-state index contributed by atoms with van der Waals surface area (Å²) < 4.78 is 15.2. The first kappa shape index (κ1) is 22.7. The number of imidazole rings is 1. The quantitative estimate of drug-likeness (QED) is 0.483. The first-order valence-electron chi connectivity index (χ1n) is 10.6. The van der Waals surface area contributed by atoms with Crippen LogP contribution in [0.15, 0.2) is 54.0 Å². The highest BCUT2D eigenvalue weighted by molar-refractivity contribution is 5.32. The van der Waals surface area contributed by atoms with Crippen molar-refractivity contribution in [3.63, 3.8) is 0 Å². The second-order valence-corrected chi connectivity index (χ2v) is 8.92. The summed E-state index contributed by atoms with van der Waals surface area (Å²) in [5.74, 6) is 0.591. The summed E-state index contributed by atoms with van der Waals surface area (Å²) in [6, 6.07) is 8.12. The third-order valence-electron chi connectivity index (χ3n) is 4.93. The smallest absolute Gasteiger partial charge is 0.274 e. The van der Waals surface area contributed by atoms with E-state index in [9.17, 15) is 4.79 Å². The van der Waals surface area contributed by atoms with E-state index in [2.05, 4.69) is 10.1 Å². The van der Waals surface area contributed by atoms with Gasteiger partial charge in [-0.1, -0.05) is 38.1 Å². The molecule has 0 amide bonds. The number of rotatable bonds is 9. The van der Waals surface area contributed by atoms with E-state index >= 15 is 0 Å². The summed E-state index contributed by atoms with van der Waals surface area (Å²) in [4.78, 5) is 17.0. The minimum atomic E-state index is -0.379. The van der Waals surface area contributed by atoms with Crippen LogP contribution in [0.2, 0.25) is 0 Å². The van der Waals surface area contributed by atoms with Crippen LogP contribution in [-0.4, -0.2) is 25.9 Å². The molecule has 0 radical (unpaired) electrons. The van der Waals surface area contributed by atoms with Crippen molar-refractivity contribution in [1.82, 2.24) is 19.3 Å². The Bertz CT molecular complexity index is 1020. The fourth-order valence-corrected chi connectivity index (χ4v) is 3.25. The molecule has 7 nitrogen and oxygen atoms in total. The van der Waals surface area contributed by atoms with E-state index in [1.807, 2.05) is 69.6 Å². The summed E-state index contributed by atoms with van der Waals surface area (Å²) in [5.41, 5.74) is 2.32. The monoisotopic (exact) mass is 424 g/mol. The van der Waals surface area contributed by atoms with Crippen LogP contribution in [0.3, 0.4) is 0 Å². The molecule has 0 aliphatic carbocycles. The maximum atomic E-state index is 12.9. The molecule has 0 saturated heterocycles. The summed E-state index contributed by atoms with van der Waals surface area (Å²) in [6.45, 7) is 12.2. The number of hydrogen-bond acceptors (Lipinski definition) is 5. The van der Waals surface area contributed by atoms with Crippen LogP contribution in [0.25, 0.3) is 0 Å². The van der Waals surface area contributed by atoms with Gasteiger partial charge in [-0.3, -0.25) is 4.79 Å². The van der Waals surface area contributed by atoms with Gasteiger partial charge in [-0.2, -0.15) is 5.10 Å². The first-order chi connectivity index (χ1) is 14.8. The molecule has 0 aliphatic heterocycles. The van der Waals surface area contributed by atoms with Crippen LogP contribution in [0.4, 0.5) is 0 Å². The molecule has 7 heteroatoms. The zero-order valence-corrected chi connectivity index (χ0v) is 19.0. The average Bonchev–Trinajstić information content (AvgIpc) is 3.23. The molecule has 0 unspecified atom stereocenters. The maximum Gasteiger partial charge on any atom is 0.274 e. The van der Waals surface area contributed by atoms with Crippen molar-refractivity contribution in [3.8, 4) is 5.75 Å². The lowest BCUT2D eigenvalue weighted by Gasteiger charge is -2.23. The molecule has 1 aromatic carbocycles. The molecule has 0 fully saturated rings. The predicted octanol–water partition coefficient (Wildman–Crippen LogP) is 4.11. The second kappa shape index (κ2) is 9.92.